The summed E-state index contributed by atoms with van der Waals surface area (Å²) in [6, 6.07) is 9.59. The maximum absolute atomic E-state index is 12.8. The summed E-state index contributed by atoms with van der Waals surface area (Å²) in [6.45, 7) is 5.59. The molecule has 0 saturated carbocycles. The van der Waals surface area contributed by atoms with Crippen molar-refractivity contribution >= 4 is 34.7 Å². The lowest BCUT2D eigenvalue weighted by Gasteiger charge is -2.17. The van der Waals surface area contributed by atoms with Crippen LogP contribution in [0.3, 0.4) is 0 Å². The molecule has 0 N–H and O–H groups in total. The Morgan fingerprint density at radius 3 is 2.32 bits per heavy atom. The second-order valence-electron chi connectivity index (χ2n) is 8.43. The van der Waals surface area contributed by atoms with Gasteiger partial charge in [-0.2, -0.15) is 18.3 Å². The van der Waals surface area contributed by atoms with Gasteiger partial charge in [0.1, 0.15) is 5.78 Å². The minimum atomic E-state index is -4.45. The monoisotopic (exact) mass is 450 g/mol. The largest absolute Gasteiger partial charge is 0.416 e. The van der Waals surface area contributed by atoms with Crippen molar-refractivity contribution in [1.29, 1.82) is 0 Å². The number of carbonyl (C=O) groups excluding carboxylic acids is 2. The zero-order valence-electron chi connectivity index (χ0n) is 17.4. The molecule has 0 bridgehead atoms. The van der Waals surface area contributed by atoms with Gasteiger partial charge in [0.15, 0.2) is 0 Å². The van der Waals surface area contributed by atoms with E-state index >= 15 is 0 Å². The molecule has 1 aliphatic heterocycles. The van der Waals surface area contributed by atoms with Crippen LogP contribution in [0.15, 0.2) is 47.6 Å². The van der Waals surface area contributed by atoms with Crippen LogP contribution in [-0.2, 0) is 22.2 Å². The molecule has 2 aromatic carbocycles. The maximum Gasteiger partial charge on any atom is 0.416 e. The van der Waals surface area contributed by atoms with Crippen LogP contribution in [0.25, 0.3) is 0 Å². The fourth-order valence-electron chi connectivity index (χ4n) is 3.19. The van der Waals surface area contributed by atoms with Crippen LogP contribution in [0.5, 0.6) is 0 Å². The van der Waals surface area contributed by atoms with Crippen LogP contribution in [0.2, 0.25) is 5.02 Å². The van der Waals surface area contributed by atoms with E-state index in [0.717, 1.165) is 22.7 Å². The Morgan fingerprint density at radius 2 is 1.74 bits per heavy atom. The van der Waals surface area contributed by atoms with Gasteiger partial charge in [0.25, 0.3) is 5.91 Å². The minimum Gasteiger partial charge on any atom is -0.299 e. The Balaban J connectivity index is 1.83. The fourth-order valence-corrected chi connectivity index (χ4v) is 3.52. The summed E-state index contributed by atoms with van der Waals surface area (Å²) < 4.78 is 38.3. The third-order valence-corrected chi connectivity index (χ3v) is 5.51. The third-order valence-electron chi connectivity index (χ3n) is 5.06. The molecule has 0 atom stereocenters. The number of amides is 1. The summed E-state index contributed by atoms with van der Waals surface area (Å²) in [5, 5.41) is 5.81. The number of Topliss-reactive ketones (excluding diaryl/α,β-unsaturated/α-hetero) is 1. The van der Waals surface area contributed by atoms with Crippen LogP contribution in [0.4, 0.5) is 18.9 Å². The lowest BCUT2D eigenvalue weighted by atomic mass is 9.87. The SMILES string of the molecule is CC(C)(C)C(=O)CCc1cccc(C2=NN(c3ccc(C(F)(F)F)cc3)C(=O)C2)c1Cl. The first kappa shape index (κ1) is 23.0. The van der Waals surface area contributed by atoms with E-state index < -0.39 is 17.2 Å². The number of hydrazone groups is 1. The molecule has 1 heterocycles. The van der Waals surface area contributed by atoms with Crippen molar-refractivity contribution in [3.8, 4) is 0 Å². The lowest BCUT2D eigenvalue weighted by Crippen LogP contribution is -2.20. The van der Waals surface area contributed by atoms with E-state index in [-0.39, 0.29) is 23.8 Å². The molecular formula is C23H22ClF3N2O2. The van der Waals surface area contributed by atoms with E-state index in [1.54, 1.807) is 12.1 Å². The fraction of sp³-hybridized carbons (Fsp3) is 0.348. The van der Waals surface area contributed by atoms with Crippen LogP contribution in [0.1, 0.15) is 50.3 Å². The number of anilines is 1. The molecule has 0 saturated heterocycles. The summed E-state index contributed by atoms with van der Waals surface area (Å²) >= 11 is 6.55. The minimum absolute atomic E-state index is 0.0227. The van der Waals surface area contributed by atoms with Crippen molar-refractivity contribution in [2.24, 2.45) is 10.5 Å². The topological polar surface area (TPSA) is 49.7 Å². The number of ketones is 1. The highest BCUT2D eigenvalue weighted by atomic mass is 35.5. The highest BCUT2D eigenvalue weighted by Gasteiger charge is 2.32. The number of hydrogen-bond donors (Lipinski definition) is 0. The Hall–Kier alpha value is -2.67. The summed E-state index contributed by atoms with van der Waals surface area (Å²) in [6.07, 6.45) is -3.67. The van der Waals surface area contributed by atoms with E-state index in [0.29, 0.717) is 29.1 Å². The van der Waals surface area contributed by atoms with Crippen molar-refractivity contribution < 1.29 is 22.8 Å². The molecule has 0 fully saturated rings. The van der Waals surface area contributed by atoms with Gasteiger partial charge in [-0.05, 0) is 36.2 Å². The first-order valence-electron chi connectivity index (χ1n) is 9.76. The molecule has 1 aliphatic rings. The number of rotatable bonds is 5. The Labute approximate surface area is 183 Å². The predicted octanol–water partition coefficient (Wildman–Crippen LogP) is 6.05. The Kier molecular flexibility index (Phi) is 6.28. The zero-order chi connectivity index (χ0) is 23.0. The number of aryl methyl sites for hydroxylation is 1. The van der Waals surface area contributed by atoms with Gasteiger partial charge in [0, 0.05) is 17.4 Å². The number of halogens is 4. The second kappa shape index (κ2) is 8.46. The van der Waals surface area contributed by atoms with Gasteiger partial charge in [-0.1, -0.05) is 50.6 Å². The van der Waals surface area contributed by atoms with Gasteiger partial charge in [-0.15, -0.1) is 0 Å². The Bertz CT molecular complexity index is 1040. The number of nitrogens with zero attached hydrogens (tertiary/aromatic N) is 2. The summed E-state index contributed by atoms with van der Waals surface area (Å²) in [5.41, 5.74) is 0.793. The summed E-state index contributed by atoms with van der Waals surface area (Å²) in [7, 11) is 0. The van der Waals surface area contributed by atoms with Crippen LogP contribution < -0.4 is 5.01 Å². The maximum atomic E-state index is 12.8. The Morgan fingerprint density at radius 1 is 1.10 bits per heavy atom. The summed E-state index contributed by atoms with van der Waals surface area (Å²) in [4.78, 5) is 24.7. The van der Waals surface area contributed by atoms with E-state index in [1.807, 2.05) is 26.8 Å². The van der Waals surface area contributed by atoms with E-state index in [9.17, 15) is 22.8 Å². The molecule has 4 nitrogen and oxygen atoms in total. The van der Waals surface area contributed by atoms with Gasteiger partial charge < -0.3 is 0 Å². The molecule has 0 radical (unpaired) electrons. The molecule has 1 amide bonds. The van der Waals surface area contributed by atoms with Crippen LogP contribution in [-0.4, -0.2) is 17.4 Å². The third kappa shape index (κ3) is 5.15. The average Bonchev–Trinajstić information content (AvgIpc) is 3.07. The molecule has 164 valence electrons. The van der Waals surface area contributed by atoms with Crippen LogP contribution in [0, 0.1) is 5.41 Å². The quantitative estimate of drug-likeness (QED) is 0.557. The predicted molar refractivity (Wildman–Crippen MR) is 114 cm³/mol. The van der Waals surface area contributed by atoms with E-state index in [4.69, 9.17) is 11.6 Å². The molecule has 0 unspecified atom stereocenters. The molecular weight excluding hydrogens is 429 g/mol. The smallest absolute Gasteiger partial charge is 0.299 e. The second-order valence-corrected chi connectivity index (χ2v) is 8.80. The zero-order valence-corrected chi connectivity index (χ0v) is 18.1. The first-order valence-corrected chi connectivity index (χ1v) is 10.1. The van der Waals surface area contributed by atoms with Gasteiger partial charge in [-0.3, -0.25) is 9.59 Å². The summed E-state index contributed by atoms with van der Waals surface area (Å²) in [5.74, 6) is -0.241. The number of benzene rings is 2. The van der Waals surface area contributed by atoms with Crippen molar-refractivity contribution in [3.05, 3.63) is 64.2 Å². The average molecular weight is 451 g/mol. The molecule has 0 aliphatic carbocycles. The molecule has 0 aromatic heterocycles. The molecule has 2 aromatic rings. The first-order chi connectivity index (χ1) is 14.4. The van der Waals surface area contributed by atoms with E-state index in [2.05, 4.69) is 5.10 Å². The normalized spacial score (nSPS) is 14.7. The van der Waals surface area contributed by atoms with Gasteiger partial charge in [0.2, 0.25) is 0 Å². The van der Waals surface area contributed by atoms with E-state index in [1.165, 1.54) is 12.1 Å². The van der Waals surface area contributed by atoms with Gasteiger partial charge in [0.05, 0.1) is 28.4 Å². The van der Waals surface area contributed by atoms with Gasteiger partial charge >= 0.3 is 6.18 Å². The number of carbonyl (C=O) groups is 2. The molecule has 3 rings (SSSR count). The molecule has 0 spiro atoms. The number of alkyl halides is 3. The number of hydrogen-bond acceptors (Lipinski definition) is 3. The van der Waals surface area contributed by atoms with Crippen molar-refractivity contribution in [3.63, 3.8) is 0 Å². The van der Waals surface area contributed by atoms with Crippen molar-refractivity contribution in [2.75, 3.05) is 5.01 Å². The van der Waals surface area contributed by atoms with Crippen LogP contribution >= 0.6 is 11.6 Å². The van der Waals surface area contributed by atoms with Crippen molar-refractivity contribution in [1.82, 2.24) is 0 Å². The van der Waals surface area contributed by atoms with Gasteiger partial charge in [-0.25, -0.2) is 5.01 Å². The molecule has 8 heteroatoms. The standard InChI is InChI=1S/C23H22ClF3N2O2/c1-22(2,3)19(30)12-7-14-5-4-6-17(21(14)24)18-13-20(31)29(28-18)16-10-8-15(9-11-16)23(25,26)27/h4-6,8-11H,7,12-13H2,1-3H3. The highest BCUT2D eigenvalue weighted by Crippen LogP contribution is 2.33. The molecule has 31 heavy (non-hydrogen) atoms. The van der Waals surface area contributed by atoms with Crippen molar-refractivity contribution in [2.45, 2.75) is 46.2 Å². The highest BCUT2D eigenvalue weighted by molar-refractivity contribution is 6.36. The lowest BCUT2D eigenvalue weighted by molar-refractivity contribution is -0.137.